The highest BCUT2D eigenvalue weighted by atomic mass is 19.1. The number of ether oxygens (including phenoxy) is 1. The summed E-state index contributed by atoms with van der Waals surface area (Å²) in [5.41, 5.74) is 0.604. The number of rotatable bonds is 5. The zero-order valence-electron chi connectivity index (χ0n) is 14.3. The smallest absolute Gasteiger partial charge is 0.410 e. The Kier molecular flexibility index (Phi) is 5.99. The molecule has 1 fully saturated rings. The molecule has 0 radical (unpaired) electrons. The molecule has 1 heterocycles. The van der Waals surface area contributed by atoms with E-state index in [4.69, 9.17) is 4.74 Å². The Hall–Kier alpha value is -1.62. The summed E-state index contributed by atoms with van der Waals surface area (Å²) in [6, 6.07) is 6.75. The molecule has 1 aliphatic heterocycles. The van der Waals surface area contributed by atoms with Gasteiger partial charge in [-0.3, -0.25) is 0 Å². The predicted octanol–water partition coefficient (Wildman–Crippen LogP) is 3.70. The van der Waals surface area contributed by atoms with Crippen molar-refractivity contribution < 1.29 is 13.9 Å². The number of likely N-dealkylation sites (tertiary alicyclic amines) is 1. The second-order valence-electron chi connectivity index (χ2n) is 7.06. The van der Waals surface area contributed by atoms with Gasteiger partial charge in [-0.15, -0.1) is 0 Å². The third-order valence-corrected chi connectivity index (χ3v) is 3.90. The molecule has 1 atom stereocenters. The standard InChI is InChI=1S/C18H27FN2O2/c1-18(2,3)23-17(22)21-12-4-5-16(21)10-11-20-13-14-6-8-15(19)9-7-14/h6-9,16,20H,4-5,10-13H2,1-3H3. The van der Waals surface area contributed by atoms with E-state index in [9.17, 15) is 9.18 Å². The average molecular weight is 322 g/mol. The van der Waals surface area contributed by atoms with Crippen LogP contribution < -0.4 is 5.32 Å². The molecule has 0 spiro atoms. The number of carbonyl (C=O) groups excluding carboxylic acids is 1. The molecule has 0 saturated carbocycles. The van der Waals surface area contributed by atoms with Gasteiger partial charge in [0.2, 0.25) is 0 Å². The second-order valence-corrected chi connectivity index (χ2v) is 7.06. The van der Waals surface area contributed by atoms with Crippen molar-refractivity contribution in [3.63, 3.8) is 0 Å². The molecule has 0 bridgehead atoms. The van der Waals surface area contributed by atoms with E-state index in [1.165, 1.54) is 12.1 Å². The fourth-order valence-corrected chi connectivity index (χ4v) is 2.80. The lowest BCUT2D eigenvalue weighted by Gasteiger charge is -2.28. The average Bonchev–Trinajstić information content (AvgIpc) is 2.92. The third kappa shape index (κ3) is 5.82. The minimum absolute atomic E-state index is 0.210. The van der Waals surface area contributed by atoms with E-state index in [-0.39, 0.29) is 18.0 Å². The number of benzene rings is 1. The lowest BCUT2D eigenvalue weighted by Crippen LogP contribution is -2.40. The second kappa shape index (κ2) is 7.77. The van der Waals surface area contributed by atoms with Crippen molar-refractivity contribution in [2.45, 2.75) is 58.2 Å². The highest BCUT2D eigenvalue weighted by Crippen LogP contribution is 2.22. The van der Waals surface area contributed by atoms with Gasteiger partial charge in [0.15, 0.2) is 0 Å². The molecule has 1 aromatic rings. The van der Waals surface area contributed by atoms with Crippen LogP contribution in [0.3, 0.4) is 0 Å². The van der Waals surface area contributed by atoms with Crippen molar-refractivity contribution in [3.8, 4) is 0 Å². The maximum atomic E-state index is 12.8. The normalized spacial score (nSPS) is 18.3. The monoisotopic (exact) mass is 322 g/mol. The Bertz CT molecular complexity index is 511. The van der Waals surface area contributed by atoms with Gasteiger partial charge < -0.3 is 15.0 Å². The summed E-state index contributed by atoms with van der Waals surface area (Å²) in [6.45, 7) is 7.97. The molecule has 1 aromatic carbocycles. The minimum atomic E-state index is -0.453. The first-order chi connectivity index (χ1) is 10.8. The lowest BCUT2D eigenvalue weighted by atomic mass is 10.1. The van der Waals surface area contributed by atoms with Gasteiger partial charge in [0.1, 0.15) is 11.4 Å². The summed E-state index contributed by atoms with van der Waals surface area (Å²) in [7, 11) is 0. The molecule has 128 valence electrons. The summed E-state index contributed by atoms with van der Waals surface area (Å²) in [5, 5.41) is 3.35. The summed E-state index contributed by atoms with van der Waals surface area (Å²) in [4.78, 5) is 14.1. The Morgan fingerprint density at radius 2 is 2.04 bits per heavy atom. The van der Waals surface area contributed by atoms with Crippen molar-refractivity contribution in [1.29, 1.82) is 0 Å². The Morgan fingerprint density at radius 3 is 2.70 bits per heavy atom. The molecule has 2 rings (SSSR count). The van der Waals surface area contributed by atoms with Crippen molar-refractivity contribution in [2.24, 2.45) is 0 Å². The van der Waals surface area contributed by atoms with Crippen molar-refractivity contribution in [1.82, 2.24) is 10.2 Å². The molecule has 1 N–H and O–H groups in total. The molecule has 0 aliphatic carbocycles. The summed E-state index contributed by atoms with van der Waals surface area (Å²) >= 11 is 0. The molecule has 0 aromatic heterocycles. The summed E-state index contributed by atoms with van der Waals surface area (Å²) in [6.07, 6.45) is 2.75. The lowest BCUT2D eigenvalue weighted by molar-refractivity contribution is 0.0220. The van der Waals surface area contributed by atoms with E-state index in [0.717, 1.165) is 37.9 Å². The number of halogens is 1. The van der Waals surface area contributed by atoms with Gasteiger partial charge >= 0.3 is 6.09 Å². The zero-order valence-corrected chi connectivity index (χ0v) is 14.3. The molecule has 1 unspecified atom stereocenters. The first-order valence-electron chi connectivity index (χ1n) is 8.30. The number of amides is 1. The van der Waals surface area contributed by atoms with Crippen LogP contribution in [-0.4, -0.2) is 35.7 Å². The van der Waals surface area contributed by atoms with E-state index >= 15 is 0 Å². The van der Waals surface area contributed by atoms with Gasteiger partial charge in [0, 0.05) is 19.1 Å². The number of hydrogen-bond donors (Lipinski definition) is 1. The van der Waals surface area contributed by atoms with Crippen LogP contribution in [0.2, 0.25) is 0 Å². The molecule has 23 heavy (non-hydrogen) atoms. The maximum absolute atomic E-state index is 12.8. The largest absolute Gasteiger partial charge is 0.444 e. The maximum Gasteiger partial charge on any atom is 0.410 e. The number of carbonyl (C=O) groups is 1. The Balaban J connectivity index is 1.73. The van der Waals surface area contributed by atoms with Crippen LogP contribution in [-0.2, 0) is 11.3 Å². The van der Waals surface area contributed by atoms with Crippen molar-refractivity contribution in [3.05, 3.63) is 35.6 Å². The van der Waals surface area contributed by atoms with E-state index < -0.39 is 5.60 Å². The van der Waals surface area contributed by atoms with Gasteiger partial charge in [-0.25, -0.2) is 9.18 Å². The van der Waals surface area contributed by atoms with E-state index in [1.807, 2.05) is 25.7 Å². The first kappa shape index (κ1) is 17.7. The molecule has 1 aliphatic rings. The summed E-state index contributed by atoms with van der Waals surface area (Å²) < 4.78 is 18.3. The van der Waals surface area contributed by atoms with E-state index in [0.29, 0.717) is 6.54 Å². The van der Waals surface area contributed by atoms with Crippen LogP contribution >= 0.6 is 0 Å². The molecule has 5 heteroatoms. The number of hydrogen-bond acceptors (Lipinski definition) is 3. The highest BCUT2D eigenvalue weighted by molar-refractivity contribution is 5.68. The fraction of sp³-hybridized carbons (Fsp3) is 0.611. The Morgan fingerprint density at radius 1 is 1.35 bits per heavy atom. The number of nitrogens with zero attached hydrogens (tertiary/aromatic N) is 1. The van der Waals surface area contributed by atoms with Gasteiger partial charge in [-0.05, 0) is 64.3 Å². The van der Waals surface area contributed by atoms with Crippen LogP contribution in [0.25, 0.3) is 0 Å². The molecule has 1 saturated heterocycles. The van der Waals surface area contributed by atoms with Crippen molar-refractivity contribution in [2.75, 3.05) is 13.1 Å². The molecule has 4 nitrogen and oxygen atoms in total. The van der Waals surface area contributed by atoms with E-state index in [2.05, 4.69) is 5.32 Å². The number of nitrogens with one attached hydrogen (secondary N) is 1. The van der Waals surface area contributed by atoms with Gasteiger partial charge in [-0.1, -0.05) is 12.1 Å². The van der Waals surface area contributed by atoms with E-state index in [1.54, 1.807) is 12.1 Å². The van der Waals surface area contributed by atoms with Gasteiger partial charge in [0.25, 0.3) is 0 Å². The van der Waals surface area contributed by atoms with Crippen LogP contribution in [0.1, 0.15) is 45.6 Å². The van der Waals surface area contributed by atoms with Crippen LogP contribution in [0, 0.1) is 5.82 Å². The van der Waals surface area contributed by atoms with Crippen LogP contribution in [0.4, 0.5) is 9.18 Å². The van der Waals surface area contributed by atoms with Gasteiger partial charge in [-0.2, -0.15) is 0 Å². The SMILES string of the molecule is CC(C)(C)OC(=O)N1CCCC1CCNCc1ccc(F)cc1. The van der Waals surface area contributed by atoms with Gasteiger partial charge in [0.05, 0.1) is 0 Å². The Labute approximate surface area is 138 Å². The zero-order chi connectivity index (χ0) is 16.9. The quantitative estimate of drug-likeness (QED) is 0.840. The summed E-state index contributed by atoms with van der Waals surface area (Å²) in [5.74, 6) is -0.215. The molecular weight excluding hydrogens is 295 g/mol. The topological polar surface area (TPSA) is 41.6 Å². The third-order valence-electron chi connectivity index (χ3n) is 3.90. The predicted molar refractivity (Wildman–Crippen MR) is 88.7 cm³/mol. The van der Waals surface area contributed by atoms with Crippen molar-refractivity contribution >= 4 is 6.09 Å². The van der Waals surface area contributed by atoms with Crippen LogP contribution in [0.5, 0.6) is 0 Å². The van der Waals surface area contributed by atoms with Crippen LogP contribution in [0.15, 0.2) is 24.3 Å². The molecule has 1 amide bonds. The fourth-order valence-electron chi connectivity index (χ4n) is 2.80. The molecular formula is C18H27FN2O2. The highest BCUT2D eigenvalue weighted by Gasteiger charge is 2.31. The first-order valence-corrected chi connectivity index (χ1v) is 8.30. The minimum Gasteiger partial charge on any atom is -0.444 e.